The summed E-state index contributed by atoms with van der Waals surface area (Å²) < 4.78 is 5.46. The zero-order valence-electron chi connectivity index (χ0n) is 11.8. The standard InChI is InChI=1S/C16H13Cl2NO2/c1-8-9(2)21-10(3)15(8)16(20)13(7-19)12-5-4-11(17)6-14(12)18/h4-6,13H,1-3H3. The summed E-state index contributed by atoms with van der Waals surface area (Å²) in [7, 11) is 0. The Kier molecular flexibility index (Phi) is 4.41. The largest absolute Gasteiger partial charge is 0.466 e. The molecule has 0 amide bonds. The van der Waals surface area contributed by atoms with Crippen LogP contribution in [-0.2, 0) is 0 Å². The van der Waals surface area contributed by atoms with Gasteiger partial charge in [-0.2, -0.15) is 5.26 Å². The van der Waals surface area contributed by atoms with E-state index < -0.39 is 5.92 Å². The highest BCUT2D eigenvalue weighted by molar-refractivity contribution is 6.35. The lowest BCUT2D eigenvalue weighted by Crippen LogP contribution is -2.13. The third-order valence-corrected chi connectivity index (χ3v) is 4.03. The molecule has 5 heteroatoms. The molecule has 1 heterocycles. The van der Waals surface area contributed by atoms with Crippen molar-refractivity contribution in [1.29, 1.82) is 5.26 Å². The summed E-state index contributed by atoms with van der Waals surface area (Å²) in [5, 5.41) is 10.2. The molecule has 2 rings (SSSR count). The molecule has 108 valence electrons. The van der Waals surface area contributed by atoms with Gasteiger partial charge in [-0.15, -0.1) is 0 Å². The summed E-state index contributed by atoms with van der Waals surface area (Å²) in [6.07, 6.45) is 0. The van der Waals surface area contributed by atoms with E-state index in [1.165, 1.54) is 6.07 Å². The van der Waals surface area contributed by atoms with Crippen LogP contribution in [0, 0.1) is 32.1 Å². The number of rotatable bonds is 3. The maximum atomic E-state index is 12.7. The molecule has 2 aromatic rings. The molecule has 1 aromatic carbocycles. The summed E-state index contributed by atoms with van der Waals surface area (Å²) in [5.74, 6) is -0.104. The van der Waals surface area contributed by atoms with Crippen molar-refractivity contribution in [2.45, 2.75) is 26.7 Å². The minimum atomic E-state index is -0.982. The van der Waals surface area contributed by atoms with Crippen molar-refractivity contribution >= 4 is 29.0 Å². The van der Waals surface area contributed by atoms with E-state index >= 15 is 0 Å². The Bertz CT molecular complexity index is 756. The minimum Gasteiger partial charge on any atom is -0.466 e. The number of furan rings is 1. The van der Waals surface area contributed by atoms with Crippen molar-refractivity contribution in [3.63, 3.8) is 0 Å². The second-order valence-corrected chi connectivity index (χ2v) is 5.65. The number of carbonyl (C=O) groups excluding carboxylic acids is 1. The topological polar surface area (TPSA) is 54.0 Å². The van der Waals surface area contributed by atoms with E-state index in [0.717, 1.165) is 5.56 Å². The molecule has 0 radical (unpaired) electrons. The van der Waals surface area contributed by atoms with Crippen molar-refractivity contribution in [3.8, 4) is 6.07 Å². The molecule has 0 fully saturated rings. The van der Waals surface area contributed by atoms with Gasteiger partial charge in [0.15, 0.2) is 5.78 Å². The normalized spacial score (nSPS) is 12.0. The Hall–Kier alpha value is -1.76. The highest BCUT2D eigenvalue weighted by Crippen LogP contribution is 2.32. The van der Waals surface area contributed by atoms with Gasteiger partial charge >= 0.3 is 0 Å². The van der Waals surface area contributed by atoms with Crippen LogP contribution in [0.25, 0.3) is 0 Å². The number of nitriles is 1. The number of nitrogens with zero attached hydrogens (tertiary/aromatic N) is 1. The summed E-state index contributed by atoms with van der Waals surface area (Å²) in [5.41, 5.74) is 1.65. The Morgan fingerprint density at radius 1 is 1.24 bits per heavy atom. The molecule has 0 N–H and O–H groups in total. The first-order chi connectivity index (χ1) is 9.86. The Morgan fingerprint density at radius 2 is 1.90 bits per heavy atom. The van der Waals surface area contributed by atoms with Gasteiger partial charge in [-0.05, 0) is 38.5 Å². The van der Waals surface area contributed by atoms with Crippen LogP contribution in [0.15, 0.2) is 22.6 Å². The number of Topliss-reactive ketones (excluding diaryl/α,β-unsaturated/α-hetero) is 1. The van der Waals surface area contributed by atoms with Gasteiger partial charge in [0.2, 0.25) is 0 Å². The van der Waals surface area contributed by atoms with Gasteiger partial charge in [-0.1, -0.05) is 29.3 Å². The van der Waals surface area contributed by atoms with E-state index in [-0.39, 0.29) is 5.78 Å². The molecule has 0 spiro atoms. The molecular formula is C16H13Cl2NO2. The number of hydrogen-bond donors (Lipinski definition) is 0. The summed E-state index contributed by atoms with van der Waals surface area (Å²) in [6.45, 7) is 5.30. The van der Waals surface area contributed by atoms with E-state index in [9.17, 15) is 10.1 Å². The van der Waals surface area contributed by atoms with Crippen LogP contribution >= 0.6 is 23.2 Å². The molecule has 21 heavy (non-hydrogen) atoms. The molecular weight excluding hydrogens is 309 g/mol. The zero-order valence-corrected chi connectivity index (χ0v) is 13.3. The first kappa shape index (κ1) is 15.6. The van der Waals surface area contributed by atoms with Gasteiger partial charge in [-0.3, -0.25) is 4.79 Å². The summed E-state index contributed by atoms with van der Waals surface area (Å²) in [4.78, 5) is 12.7. The Labute approximate surface area is 133 Å². The van der Waals surface area contributed by atoms with E-state index in [4.69, 9.17) is 27.6 Å². The van der Waals surface area contributed by atoms with Crippen molar-refractivity contribution in [1.82, 2.24) is 0 Å². The van der Waals surface area contributed by atoms with Gasteiger partial charge < -0.3 is 4.42 Å². The van der Waals surface area contributed by atoms with Gasteiger partial charge in [0.25, 0.3) is 0 Å². The lowest BCUT2D eigenvalue weighted by molar-refractivity contribution is 0.0977. The molecule has 0 saturated heterocycles. The fourth-order valence-corrected chi connectivity index (χ4v) is 2.82. The van der Waals surface area contributed by atoms with Crippen LogP contribution in [0.2, 0.25) is 10.0 Å². The van der Waals surface area contributed by atoms with Gasteiger partial charge in [0.05, 0.1) is 11.6 Å². The summed E-state index contributed by atoms with van der Waals surface area (Å²) in [6, 6.07) is 6.76. The number of carbonyl (C=O) groups is 1. The van der Waals surface area contributed by atoms with Crippen LogP contribution in [0.1, 0.15) is 38.9 Å². The monoisotopic (exact) mass is 321 g/mol. The van der Waals surface area contributed by atoms with E-state index in [0.29, 0.717) is 32.7 Å². The van der Waals surface area contributed by atoms with Crippen molar-refractivity contribution in [3.05, 3.63) is 56.5 Å². The molecule has 1 unspecified atom stereocenters. The van der Waals surface area contributed by atoms with E-state index in [1.807, 2.05) is 6.07 Å². The minimum absolute atomic E-state index is 0.304. The number of benzene rings is 1. The molecule has 1 atom stereocenters. The van der Waals surface area contributed by atoms with Gasteiger partial charge in [-0.25, -0.2) is 0 Å². The second kappa shape index (κ2) is 5.93. The molecule has 0 aliphatic carbocycles. The van der Waals surface area contributed by atoms with E-state index in [1.54, 1.807) is 32.9 Å². The molecule has 3 nitrogen and oxygen atoms in total. The quantitative estimate of drug-likeness (QED) is 0.747. The van der Waals surface area contributed by atoms with Crippen LogP contribution in [-0.4, -0.2) is 5.78 Å². The molecule has 0 bridgehead atoms. The smallest absolute Gasteiger partial charge is 0.188 e. The van der Waals surface area contributed by atoms with Gasteiger partial charge in [0, 0.05) is 15.6 Å². The Balaban J connectivity index is 2.51. The lowest BCUT2D eigenvalue weighted by Gasteiger charge is -2.11. The fourth-order valence-electron chi connectivity index (χ4n) is 2.30. The SMILES string of the molecule is Cc1oc(C)c(C(=O)C(C#N)c2ccc(Cl)cc2Cl)c1C. The Morgan fingerprint density at radius 3 is 2.38 bits per heavy atom. The zero-order chi connectivity index (χ0) is 15.7. The predicted molar refractivity (Wildman–Crippen MR) is 82.1 cm³/mol. The first-order valence-corrected chi connectivity index (χ1v) is 7.07. The third kappa shape index (κ3) is 2.83. The third-order valence-electron chi connectivity index (χ3n) is 3.47. The second-order valence-electron chi connectivity index (χ2n) is 4.81. The fraction of sp³-hybridized carbons (Fsp3) is 0.250. The van der Waals surface area contributed by atoms with Crippen molar-refractivity contribution in [2.75, 3.05) is 0 Å². The number of aryl methyl sites for hydroxylation is 2. The number of halogens is 2. The number of hydrogen-bond acceptors (Lipinski definition) is 3. The maximum absolute atomic E-state index is 12.7. The van der Waals surface area contributed by atoms with Gasteiger partial charge in [0.1, 0.15) is 17.4 Å². The molecule has 0 aliphatic heterocycles. The molecule has 0 aliphatic rings. The lowest BCUT2D eigenvalue weighted by atomic mass is 9.90. The van der Waals surface area contributed by atoms with E-state index in [2.05, 4.69) is 0 Å². The van der Waals surface area contributed by atoms with Crippen molar-refractivity contribution < 1.29 is 9.21 Å². The number of ketones is 1. The van der Waals surface area contributed by atoms with Crippen LogP contribution in [0.4, 0.5) is 0 Å². The van der Waals surface area contributed by atoms with Crippen LogP contribution in [0.3, 0.4) is 0 Å². The highest BCUT2D eigenvalue weighted by atomic mass is 35.5. The van der Waals surface area contributed by atoms with Crippen molar-refractivity contribution in [2.24, 2.45) is 0 Å². The average Bonchev–Trinajstić information content (AvgIpc) is 2.66. The van der Waals surface area contributed by atoms with Crippen LogP contribution < -0.4 is 0 Å². The first-order valence-electron chi connectivity index (χ1n) is 6.32. The maximum Gasteiger partial charge on any atom is 0.188 e. The molecule has 1 aromatic heterocycles. The highest BCUT2D eigenvalue weighted by Gasteiger charge is 2.29. The molecule has 0 saturated carbocycles. The predicted octanol–water partition coefficient (Wildman–Crippen LogP) is 5.00. The van der Waals surface area contributed by atoms with Crippen LogP contribution in [0.5, 0.6) is 0 Å². The average molecular weight is 322 g/mol. The summed E-state index contributed by atoms with van der Waals surface area (Å²) >= 11 is 12.0.